The minimum absolute atomic E-state index is 0.138. The topological polar surface area (TPSA) is 58.3 Å². The highest BCUT2D eigenvalue weighted by Crippen LogP contribution is 2.41. The minimum Gasteiger partial charge on any atom is -0.390 e. The lowest BCUT2D eigenvalue weighted by atomic mass is 9.80. The van der Waals surface area contributed by atoms with Crippen molar-refractivity contribution in [2.75, 3.05) is 6.54 Å². The van der Waals surface area contributed by atoms with Gasteiger partial charge in [-0.05, 0) is 65.0 Å². The Labute approximate surface area is 171 Å². The van der Waals surface area contributed by atoms with E-state index in [1.54, 1.807) is 11.3 Å². The molecule has 1 aromatic carbocycles. The first kappa shape index (κ1) is 20.9. The van der Waals surface area contributed by atoms with Gasteiger partial charge in [-0.25, -0.2) is 8.78 Å². The average Bonchev–Trinajstić information content (AvgIpc) is 3.06. The fraction of sp³-hybridized carbons (Fsp3) is 0.500. The van der Waals surface area contributed by atoms with Crippen molar-refractivity contribution in [2.45, 2.75) is 56.2 Å². The second-order valence-corrected chi connectivity index (χ2v) is 9.80. The van der Waals surface area contributed by atoms with E-state index in [1.165, 1.54) is 23.4 Å². The van der Waals surface area contributed by atoms with Gasteiger partial charge < -0.3 is 16.2 Å². The Morgan fingerprint density at radius 2 is 1.81 bits per heavy atom. The van der Waals surface area contributed by atoms with Gasteiger partial charge >= 0.3 is 0 Å². The summed E-state index contributed by atoms with van der Waals surface area (Å²) in [7, 11) is 0. The molecule has 3 nitrogen and oxygen atoms in total. The lowest BCUT2D eigenvalue weighted by molar-refractivity contribution is 0.117. The van der Waals surface area contributed by atoms with Gasteiger partial charge in [0, 0.05) is 23.5 Å². The predicted molar refractivity (Wildman–Crippen MR) is 109 cm³/mol. The molecular formula is C20H25BrF2N2OS. The number of nitrogens with one attached hydrogen (secondary N) is 1. The normalized spacial score (nSPS) is 19.0. The van der Waals surface area contributed by atoms with Crippen molar-refractivity contribution in [3.63, 3.8) is 0 Å². The summed E-state index contributed by atoms with van der Waals surface area (Å²) in [5.41, 5.74) is 6.43. The molecule has 0 spiro atoms. The van der Waals surface area contributed by atoms with E-state index in [2.05, 4.69) is 33.4 Å². The summed E-state index contributed by atoms with van der Waals surface area (Å²) in [4.78, 5) is 1.27. The van der Waals surface area contributed by atoms with Gasteiger partial charge in [0.15, 0.2) is 0 Å². The van der Waals surface area contributed by atoms with Gasteiger partial charge in [0.1, 0.15) is 11.6 Å². The first-order valence-corrected chi connectivity index (χ1v) is 10.9. The first-order chi connectivity index (χ1) is 12.9. The average molecular weight is 459 g/mol. The smallest absolute Gasteiger partial charge is 0.126 e. The maximum atomic E-state index is 13.4. The van der Waals surface area contributed by atoms with E-state index in [1.807, 2.05) is 0 Å². The van der Waals surface area contributed by atoms with Crippen molar-refractivity contribution < 1.29 is 13.9 Å². The number of halogens is 3. The van der Waals surface area contributed by atoms with Gasteiger partial charge in [0.2, 0.25) is 0 Å². The molecule has 7 heteroatoms. The van der Waals surface area contributed by atoms with Crippen LogP contribution in [0.4, 0.5) is 8.78 Å². The summed E-state index contributed by atoms with van der Waals surface area (Å²) >= 11 is 5.25. The van der Waals surface area contributed by atoms with Gasteiger partial charge in [0.05, 0.1) is 15.4 Å². The highest BCUT2D eigenvalue weighted by molar-refractivity contribution is 9.11. The van der Waals surface area contributed by atoms with Crippen molar-refractivity contribution in [2.24, 2.45) is 5.73 Å². The van der Waals surface area contributed by atoms with Crippen LogP contribution >= 0.6 is 27.3 Å². The standard InChI is InChI=1S/C20H25BrF2N2OS/c21-19-5-4-18(27-19)20(6-2-1-3-7-20)25-12-17(26)16(24)10-13-8-14(22)11-15(23)9-13/h4-5,8-9,11,16-17,25-26H,1-3,6-7,10,12,24H2. The molecule has 0 aliphatic heterocycles. The molecule has 1 aliphatic rings. The second kappa shape index (κ2) is 9.09. The van der Waals surface area contributed by atoms with E-state index in [4.69, 9.17) is 5.73 Å². The second-order valence-electron chi connectivity index (χ2n) is 7.34. The Kier molecular flexibility index (Phi) is 7.03. The van der Waals surface area contributed by atoms with E-state index in [-0.39, 0.29) is 12.0 Å². The Balaban J connectivity index is 1.64. The predicted octanol–water partition coefficient (Wildman–Crippen LogP) is 4.47. The fourth-order valence-corrected chi connectivity index (χ4v) is 5.43. The molecule has 2 aromatic rings. The quantitative estimate of drug-likeness (QED) is 0.573. The molecule has 2 unspecified atom stereocenters. The Morgan fingerprint density at radius 1 is 1.15 bits per heavy atom. The van der Waals surface area contributed by atoms with Crippen molar-refractivity contribution in [1.82, 2.24) is 5.32 Å². The zero-order chi connectivity index (χ0) is 19.4. The number of aliphatic hydroxyl groups is 1. The molecule has 148 valence electrons. The van der Waals surface area contributed by atoms with Crippen LogP contribution in [0.3, 0.4) is 0 Å². The molecule has 27 heavy (non-hydrogen) atoms. The van der Waals surface area contributed by atoms with Crippen LogP contribution in [-0.2, 0) is 12.0 Å². The van der Waals surface area contributed by atoms with E-state index in [0.717, 1.165) is 35.5 Å². The first-order valence-electron chi connectivity index (χ1n) is 9.27. The zero-order valence-corrected chi connectivity index (χ0v) is 17.5. The monoisotopic (exact) mass is 458 g/mol. The van der Waals surface area contributed by atoms with E-state index < -0.39 is 23.8 Å². The highest BCUT2D eigenvalue weighted by atomic mass is 79.9. The molecule has 0 saturated heterocycles. The molecule has 2 atom stereocenters. The summed E-state index contributed by atoms with van der Waals surface area (Å²) in [6.45, 7) is 0.342. The van der Waals surface area contributed by atoms with Gasteiger partial charge in [-0.15, -0.1) is 11.3 Å². The van der Waals surface area contributed by atoms with Gasteiger partial charge in [-0.3, -0.25) is 0 Å². The van der Waals surface area contributed by atoms with Crippen molar-refractivity contribution in [3.05, 3.63) is 56.2 Å². The molecular weight excluding hydrogens is 434 g/mol. The van der Waals surface area contributed by atoms with Gasteiger partial charge in [0.25, 0.3) is 0 Å². The van der Waals surface area contributed by atoms with Crippen LogP contribution in [0.5, 0.6) is 0 Å². The number of rotatable bonds is 7. The molecule has 0 amide bonds. The Morgan fingerprint density at radius 3 is 2.41 bits per heavy atom. The number of benzene rings is 1. The van der Waals surface area contributed by atoms with Gasteiger partial charge in [-0.2, -0.15) is 0 Å². The van der Waals surface area contributed by atoms with Crippen molar-refractivity contribution in [3.8, 4) is 0 Å². The molecule has 3 rings (SSSR count). The molecule has 0 radical (unpaired) electrons. The van der Waals surface area contributed by atoms with Crippen LogP contribution in [0.2, 0.25) is 0 Å². The van der Waals surface area contributed by atoms with E-state index in [0.29, 0.717) is 12.1 Å². The number of thiophene rings is 1. The summed E-state index contributed by atoms with van der Waals surface area (Å²) < 4.78 is 27.8. The summed E-state index contributed by atoms with van der Waals surface area (Å²) in [6.07, 6.45) is 4.98. The zero-order valence-electron chi connectivity index (χ0n) is 15.1. The number of nitrogens with two attached hydrogens (primary N) is 1. The van der Waals surface area contributed by atoms with Crippen LogP contribution in [0.1, 0.15) is 42.5 Å². The Bertz CT molecular complexity index is 744. The van der Waals surface area contributed by atoms with Crippen molar-refractivity contribution >= 4 is 27.3 Å². The summed E-state index contributed by atoms with van der Waals surface area (Å²) in [6, 6.07) is 6.94. The maximum Gasteiger partial charge on any atom is 0.126 e. The lowest BCUT2D eigenvalue weighted by Crippen LogP contribution is -2.50. The number of hydrogen-bond donors (Lipinski definition) is 3. The molecule has 4 N–H and O–H groups in total. The molecule has 1 aromatic heterocycles. The molecule has 1 heterocycles. The largest absolute Gasteiger partial charge is 0.390 e. The van der Waals surface area contributed by atoms with Gasteiger partial charge in [-0.1, -0.05) is 19.3 Å². The molecule has 0 bridgehead atoms. The number of hydrogen-bond acceptors (Lipinski definition) is 4. The maximum absolute atomic E-state index is 13.4. The third-order valence-corrected chi connectivity index (χ3v) is 7.12. The number of aliphatic hydroxyl groups excluding tert-OH is 1. The highest BCUT2D eigenvalue weighted by Gasteiger charge is 2.35. The fourth-order valence-electron chi connectivity index (χ4n) is 3.83. The van der Waals surface area contributed by atoms with Crippen molar-refractivity contribution in [1.29, 1.82) is 0 Å². The molecule has 1 saturated carbocycles. The molecule has 1 fully saturated rings. The third-order valence-electron chi connectivity index (χ3n) is 5.29. The van der Waals surface area contributed by atoms with Crippen LogP contribution in [0.15, 0.2) is 34.1 Å². The van der Waals surface area contributed by atoms with Crippen LogP contribution in [0.25, 0.3) is 0 Å². The minimum atomic E-state index is -0.807. The van der Waals surface area contributed by atoms with E-state index >= 15 is 0 Å². The SMILES string of the molecule is NC(Cc1cc(F)cc(F)c1)C(O)CNC1(c2ccc(Br)s2)CCCCC1. The van der Waals surface area contributed by atoms with Crippen LogP contribution < -0.4 is 11.1 Å². The Hall–Kier alpha value is -0.860. The van der Waals surface area contributed by atoms with E-state index in [9.17, 15) is 13.9 Å². The third kappa shape index (κ3) is 5.35. The summed E-state index contributed by atoms with van der Waals surface area (Å²) in [5.74, 6) is -1.26. The molecule has 1 aliphatic carbocycles. The summed E-state index contributed by atoms with van der Waals surface area (Å²) in [5, 5.41) is 14.1. The van der Waals surface area contributed by atoms with Crippen LogP contribution in [-0.4, -0.2) is 23.8 Å². The lowest BCUT2D eigenvalue weighted by Gasteiger charge is -2.39. The van der Waals surface area contributed by atoms with Crippen LogP contribution in [0, 0.1) is 11.6 Å².